The van der Waals surface area contributed by atoms with E-state index in [2.05, 4.69) is 34.6 Å². The summed E-state index contributed by atoms with van der Waals surface area (Å²) in [5.74, 6) is 0.963. The van der Waals surface area contributed by atoms with Gasteiger partial charge in [0, 0.05) is 45.7 Å². The monoisotopic (exact) mass is 442 g/mol. The first-order valence-corrected chi connectivity index (χ1v) is 11.9. The van der Waals surface area contributed by atoms with Crippen LogP contribution in [-0.4, -0.2) is 69.6 Å². The van der Waals surface area contributed by atoms with Crippen molar-refractivity contribution in [1.82, 2.24) is 14.5 Å². The van der Waals surface area contributed by atoms with Crippen LogP contribution >= 0.6 is 0 Å². The van der Waals surface area contributed by atoms with Crippen molar-refractivity contribution < 1.29 is 13.2 Å². The molecule has 1 amide bonds. The summed E-state index contributed by atoms with van der Waals surface area (Å²) in [6, 6.07) is 16.6. The molecule has 2 aromatic rings. The summed E-state index contributed by atoms with van der Waals surface area (Å²) in [6.45, 7) is 2.63. The van der Waals surface area contributed by atoms with Crippen molar-refractivity contribution in [2.75, 3.05) is 40.3 Å². The fourth-order valence-electron chi connectivity index (χ4n) is 3.38. The molecule has 0 bridgehead atoms. The van der Waals surface area contributed by atoms with Crippen LogP contribution < -0.4 is 5.32 Å². The summed E-state index contributed by atoms with van der Waals surface area (Å²) in [4.78, 5) is 18.8. The van der Waals surface area contributed by atoms with Gasteiger partial charge in [-0.1, -0.05) is 42.5 Å². The standard InChI is InChI=1S/C23H30N4O3S/c1-26(18-14-19-10-12-20(13-11-19)23-24-15-16-25-23)22(28)9-6-17-27(2)31(29,30)21-7-4-3-5-8-21/h3-5,7-8,10-13H,6,9,14-18H2,1-2H3,(H,24,25). The van der Waals surface area contributed by atoms with Gasteiger partial charge in [-0.2, -0.15) is 0 Å². The molecule has 0 atom stereocenters. The first-order valence-electron chi connectivity index (χ1n) is 10.5. The van der Waals surface area contributed by atoms with E-state index in [0.717, 1.165) is 36.5 Å². The van der Waals surface area contributed by atoms with E-state index < -0.39 is 10.0 Å². The molecule has 1 heterocycles. The molecule has 0 unspecified atom stereocenters. The Labute approximate surface area is 184 Å². The molecule has 0 fully saturated rings. The molecule has 0 radical (unpaired) electrons. The van der Waals surface area contributed by atoms with Crippen molar-refractivity contribution in [2.45, 2.75) is 24.2 Å². The number of aliphatic imine (C=N–C) groups is 1. The first kappa shape index (κ1) is 23.0. The minimum Gasteiger partial charge on any atom is -0.368 e. The van der Waals surface area contributed by atoms with Crippen LogP contribution in [-0.2, 0) is 21.2 Å². The van der Waals surface area contributed by atoms with Crippen LogP contribution in [0, 0.1) is 0 Å². The number of amidine groups is 1. The maximum absolute atomic E-state index is 12.5. The Kier molecular flexibility index (Phi) is 7.81. The molecule has 7 nitrogen and oxygen atoms in total. The second-order valence-corrected chi connectivity index (χ2v) is 9.71. The lowest BCUT2D eigenvalue weighted by Gasteiger charge is -2.19. The van der Waals surface area contributed by atoms with Crippen LogP contribution in [0.2, 0.25) is 0 Å². The third-order valence-electron chi connectivity index (χ3n) is 5.38. The minimum absolute atomic E-state index is 0.0200. The predicted octanol–water partition coefficient (Wildman–Crippen LogP) is 2.14. The van der Waals surface area contributed by atoms with Crippen LogP contribution in [0.25, 0.3) is 0 Å². The Balaban J connectivity index is 1.41. The van der Waals surface area contributed by atoms with Gasteiger partial charge in [-0.25, -0.2) is 12.7 Å². The number of amides is 1. The van der Waals surface area contributed by atoms with Gasteiger partial charge in [0.2, 0.25) is 15.9 Å². The summed E-state index contributed by atoms with van der Waals surface area (Å²) in [7, 11) is -0.179. The molecule has 0 saturated heterocycles. The van der Waals surface area contributed by atoms with Crippen molar-refractivity contribution >= 4 is 21.8 Å². The predicted molar refractivity (Wildman–Crippen MR) is 123 cm³/mol. The summed E-state index contributed by atoms with van der Waals surface area (Å²) in [6.07, 6.45) is 1.57. The quantitative estimate of drug-likeness (QED) is 0.611. The van der Waals surface area contributed by atoms with Gasteiger partial charge >= 0.3 is 0 Å². The van der Waals surface area contributed by atoms with Gasteiger partial charge in [-0.15, -0.1) is 0 Å². The Morgan fingerprint density at radius 1 is 1.03 bits per heavy atom. The van der Waals surface area contributed by atoms with Gasteiger partial charge in [0.25, 0.3) is 0 Å². The van der Waals surface area contributed by atoms with Crippen LogP contribution in [0.4, 0.5) is 0 Å². The first-order chi connectivity index (χ1) is 14.9. The summed E-state index contributed by atoms with van der Waals surface area (Å²) in [5.41, 5.74) is 2.25. The molecule has 3 rings (SSSR count). The van der Waals surface area contributed by atoms with Crippen LogP contribution in [0.3, 0.4) is 0 Å². The fraction of sp³-hybridized carbons (Fsp3) is 0.391. The molecule has 0 aliphatic carbocycles. The normalized spacial score (nSPS) is 13.7. The van der Waals surface area contributed by atoms with Gasteiger partial charge in [0.05, 0.1) is 11.4 Å². The zero-order valence-electron chi connectivity index (χ0n) is 18.1. The van der Waals surface area contributed by atoms with E-state index in [-0.39, 0.29) is 10.8 Å². The average Bonchev–Trinajstić information content (AvgIpc) is 3.33. The summed E-state index contributed by atoms with van der Waals surface area (Å²) < 4.78 is 26.4. The van der Waals surface area contributed by atoms with Crippen molar-refractivity contribution in [3.63, 3.8) is 0 Å². The lowest BCUT2D eigenvalue weighted by atomic mass is 10.1. The molecule has 0 aromatic heterocycles. The van der Waals surface area contributed by atoms with Gasteiger partial charge in [-0.3, -0.25) is 9.79 Å². The number of benzene rings is 2. The topological polar surface area (TPSA) is 82.1 Å². The highest BCUT2D eigenvalue weighted by molar-refractivity contribution is 7.89. The second kappa shape index (κ2) is 10.5. The van der Waals surface area contributed by atoms with Gasteiger partial charge < -0.3 is 10.2 Å². The molecule has 0 saturated carbocycles. The Bertz CT molecular complexity index is 1000. The van der Waals surface area contributed by atoms with E-state index in [4.69, 9.17) is 0 Å². The Hall–Kier alpha value is -2.71. The number of hydrogen-bond donors (Lipinski definition) is 1. The van der Waals surface area contributed by atoms with Gasteiger partial charge in [-0.05, 0) is 30.5 Å². The highest BCUT2D eigenvalue weighted by Crippen LogP contribution is 2.14. The second-order valence-electron chi connectivity index (χ2n) is 7.66. The SMILES string of the molecule is CN(CCc1ccc(C2=NCCN2)cc1)C(=O)CCCN(C)S(=O)(=O)c1ccccc1. The molecule has 0 spiro atoms. The zero-order chi connectivity index (χ0) is 22.3. The number of carbonyl (C=O) groups excluding carboxylic acids is 1. The molecule has 1 N–H and O–H groups in total. The number of nitrogens with zero attached hydrogens (tertiary/aromatic N) is 3. The number of likely N-dealkylation sites (N-methyl/N-ethyl adjacent to an activating group) is 1. The highest BCUT2D eigenvalue weighted by atomic mass is 32.2. The smallest absolute Gasteiger partial charge is 0.242 e. The maximum Gasteiger partial charge on any atom is 0.242 e. The lowest BCUT2D eigenvalue weighted by molar-refractivity contribution is -0.130. The maximum atomic E-state index is 12.5. The van der Waals surface area contributed by atoms with Gasteiger partial charge in [0.15, 0.2) is 0 Å². The minimum atomic E-state index is -3.52. The zero-order valence-corrected chi connectivity index (χ0v) is 18.9. The molecule has 31 heavy (non-hydrogen) atoms. The third kappa shape index (κ3) is 6.15. The third-order valence-corrected chi connectivity index (χ3v) is 7.25. The number of rotatable bonds is 10. The van der Waals surface area contributed by atoms with E-state index >= 15 is 0 Å². The molecule has 1 aliphatic heterocycles. The largest absolute Gasteiger partial charge is 0.368 e. The van der Waals surface area contributed by atoms with Crippen LogP contribution in [0.1, 0.15) is 24.0 Å². The molecule has 1 aliphatic rings. The van der Waals surface area contributed by atoms with E-state index in [1.165, 1.54) is 4.31 Å². The van der Waals surface area contributed by atoms with E-state index in [0.29, 0.717) is 25.9 Å². The van der Waals surface area contributed by atoms with Crippen molar-refractivity contribution in [2.24, 2.45) is 4.99 Å². The van der Waals surface area contributed by atoms with Crippen LogP contribution in [0.15, 0.2) is 64.5 Å². The molecular weight excluding hydrogens is 412 g/mol. The lowest BCUT2D eigenvalue weighted by Crippen LogP contribution is -2.31. The number of carbonyl (C=O) groups is 1. The van der Waals surface area contributed by atoms with Crippen molar-refractivity contribution in [1.29, 1.82) is 0 Å². The highest BCUT2D eigenvalue weighted by Gasteiger charge is 2.20. The molecule has 166 valence electrons. The Morgan fingerprint density at radius 2 is 1.74 bits per heavy atom. The van der Waals surface area contributed by atoms with Crippen molar-refractivity contribution in [3.8, 4) is 0 Å². The van der Waals surface area contributed by atoms with E-state index in [1.54, 1.807) is 49.3 Å². The number of hydrogen-bond acceptors (Lipinski definition) is 5. The summed E-state index contributed by atoms with van der Waals surface area (Å²) in [5, 5.41) is 3.26. The van der Waals surface area contributed by atoms with E-state index in [9.17, 15) is 13.2 Å². The van der Waals surface area contributed by atoms with Crippen LogP contribution in [0.5, 0.6) is 0 Å². The molecule has 2 aromatic carbocycles. The summed E-state index contributed by atoms with van der Waals surface area (Å²) >= 11 is 0. The fourth-order valence-corrected chi connectivity index (χ4v) is 4.61. The van der Waals surface area contributed by atoms with E-state index in [1.807, 2.05) is 0 Å². The number of sulfonamides is 1. The molecular formula is C23H30N4O3S. The van der Waals surface area contributed by atoms with Crippen molar-refractivity contribution in [3.05, 3.63) is 65.7 Å². The number of nitrogens with one attached hydrogen (secondary N) is 1. The molecule has 8 heteroatoms. The van der Waals surface area contributed by atoms with Gasteiger partial charge in [0.1, 0.15) is 5.84 Å². The Morgan fingerprint density at radius 3 is 2.39 bits per heavy atom. The average molecular weight is 443 g/mol.